The molecular formula is C21H21NO5S. The van der Waals surface area contributed by atoms with Crippen molar-refractivity contribution >= 4 is 29.5 Å². The van der Waals surface area contributed by atoms with E-state index in [0.717, 1.165) is 11.3 Å². The van der Waals surface area contributed by atoms with Crippen molar-refractivity contribution in [3.05, 3.63) is 65.2 Å². The molecule has 0 saturated carbocycles. The largest absolute Gasteiger partial charge is 0.497 e. The summed E-state index contributed by atoms with van der Waals surface area (Å²) in [6.07, 6.45) is 0.821. The zero-order valence-corrected chi connectivity index (χ0v) is 16.3. The van der Waals surface area contributed by atoms with Crippen molar-refractivity contribution in [2.75, 3.05) is 13.7 Å². The van der Waals surface area contributed by atoms with Crippen molar-refractivity contribution in [1.82, 2.24) is 4.90 Å². The zero-order valence-electron chi connectivity index (χ0n) is 15.5. The third kappa shape index (κ3) is 4.36. The van der Waals surface area contributed by atoms with Crippen LogP contribution in [0.2, 0.25) is 0 Å². The lowest BCUT2D eigenvalue weighted by Gasteiger charge is -2.16. The van der Waals surface area contributed by atoms with E-state index in [-0.39, 0.29) is 18.4 Å². The summed E-state index contributed by atoms with van der Waals surface area (Å²) in [6.45, 7) is 0.221. The maximum atomic E-state index is 12.4. The Hall–Kier alpha value is -2.80. The van der Waals surface area contributed by atoms with E-state index in [2.05, 4.69) is 0 Å². The highest BCUT2D eigenvalue weighted by atomic mass is 32.2. The van der Waals surface area contributed by atoms with Gasteiger partial charge in [0.2, 0.25) is 0 Å². The lowest BCUT2D eigenvalue weighted by Crippen LogP contribution is -2.31. The Kier molecular flexibility index (Phi) is 6.36. The Morgan fingerprint density at radius 2 is 1.68 bits per heavy atom. The number of nitrogens with zero attached hydrogens (tertiary/aromatic N) is 1. The first kappa shape index (κ1) is 19.9. The summed E-state index contributed by atoms with van der Waals surface area (Å²) in [7, 11) is 1.60. The van der Waals surface area contributed by atoms with Crippen molar-refractivity contribution in [2.45, 2.75) is 23.8 Å². The highest BCUT2D eigenvalue weighted by molar-refractivity contribution is 7.99. The van der Waals surface area contributed by atoms with E-state index in [0.29, 0.717) is 29.7 Å². The van der Waals surface area contributed by atoms with Crippen LogP contribution in [0.4, 0.5) is 0 Å². The molecular weight excluding hydrogens is 378 g/mol. The van der Waals surface area contributed by atoms with Gasteiger partial charge in [-0.15, -0.1) is 11.8 Å². The fourth-order valence-electron chi connectivity index (χ4n) is 3.07. The number of methoxy groups -OCH3 is 1. The Morgan fingerprint density at radius 3 is 2.21 bits per heavy atom. The first-order valence-electron chi connectivity index (χ1n) is 8.94. The normalized spacial score (nSPS) is 14.1. The Bertz CT molecular complexity index is 846. The van der Waals surface area contributed by atoms with Crippen LogP contribution in [0.3, 0.4) is 0 Å². The number of thioether (sulfide) groups is 1. The fourth-order valence-corrected chi connectivity index (χ4v) is 4.14. The molecule has 0 fully saturated rings. The highest BCUT2D eigenvalue weighted by Gasteiger charge is 2.34. The van der Waals surface area contributed by atoms with E-state index in [9.17, 15) is 19.5 Å². The molecule has 2 amide bonds. The summed E-state index contributed by atoms with van der Waals surface area (Å²) in [5, 5.41) is 8.88. The number of imide groups is 1. The third-order valence-corrected chi connectivity index (χ3v) is 5.95. The SMILES string of the molecule is COc1ccc(CSC(CCCN2C(=O)c3ccccc3C2=O)C(=O)O)cc1. The number of fused-ring (bicyclic) bond motifs is 1. The summed E-state index contributed by atoms with van der Waals surface area (Å²) < 4.78 is 5.11. The predicted octanol–water partition coefficient (Wildman–Crippen LogP) is 3.46. The van der Waals surface area contributed by atoms with Crippen LogP contribution < -0.4 is 4.74 Å². The number of carbonyl (C=O) groups is 3. The van der Waals surface area contributed by atoms with Crippen molar-refractivity contribution in [3.63, 3.8) is 0 Å². The predicted molar refractivity (Wildman–Crippen MR) is 107 cm³/mol. The van der Waals surface area contributed by atoms with E-state index in [1.54, 1.807) is 31.4 Å². The van der Waals surface area contributed by atoms with Gasteiger partial charge in [-0.3, -0.25) is 19.3 Å². The topological polar surface area (TPSA) is 83.9 Å². The number of ether oxygens (including phenoxy) is 1. The second-order valence-electron chi connectivity index (χ2n) is 6.44. The first-order chi connectivity index (χ1) is 13.5. The molecule has 6 nitrogen and oxygen atoms in total. The average molecular weight is 399 g/mol. The van der Waals surface area contributed by atoms with Crippen molar-refractivity contribution in [2.24, 2.45) is 0 Å². The van der Waals surface area contributed by atoms with Gasteiger partial charge in [-0.1, -0.05) is 24.3 Å². The third-order valence-electron chi connectivity index (χ3n) is 4.61. The van der Waals surface area contributed by atoms with E-state index < -0.39 is 11.2 Å². The molecule has 1 aliphatic rings. The molecule has 0 aliphatic carbocycles. The van der Waals surface area contributed by atoms with Crippen LogP contribution >= 0.6 is 11.8 Å². The number of amides is 2. The molecule has 146 valence electrons. The number of benzene rings is 2. The summed E-state index contributed by atoms with van der Waals surface area (Å²) >= 11 is 1.34. The van der Waals surface area contributed by atoms with E-state index in [4.69, 9.17) is 4.74 Å². The van der Waals surface area contributed by atoms with Crippen LogP contribution in [0.1, 0.15) is 39.1 Å². The molecule has 1 aliphatic heterocycles. The number of carboxylic acid groups (broad SMARTS) is 1. The number of hydrogen-bond acceptors (Lipinski definition) is 5. The fraction of sp³-hybridized carbons (Fsp3) is 0.286. The molecule has 7 heteroatoms. The lowest BCUT2D eigenvalue weighted by molar-refractivity contribution is -0.136. The van der Waals surface area contributed by atoms with Gasteiger partial charge in [0.15, 0.2) is 0 Å². The molecule has 28 heavy (non-hydrogen) atoms. The van der Waals surface area contributed by atoms with Crippen LogP contribution in [0.15, 0.2) is 48.5 Å². The van der Waals surface area contributed by atoms with Crippen LogP contribution in [-0.2, 0) is 10.5 Å². The number of carbonyl (C=O) groups excluding carboxylic acids is 2. The van der Waals surface area contributed by atoms with Crippen LogP contribution in [0.5, 0.6) is 5.75 Å². The summed E-state index contributed by atoms with van der Waals surface area (Å²) in [6, 6.07) is 14.2. The minimum absolute atomic E-state index is 0.221. The van der Waals surface area contributed by atoms with Gasteiger partial charge >= 0.3 is 5.97 Å². The summed E-state index contributed by atoms with van der Waals surface area (Å²) in [5.41, 5.74) is 1.84. The number of aliphatic carboxylic acids is 1. The molecule has 0 spiro atoms. The molecule has 3 rings (SSSR count). The number of carboxylic acids is 1. The quantitative estimate of drug-likeness (QED) is 0.650. The molecule has 0 bridgehead atoms. The Morgan fingerprint density at radius 1 is 1.07 bits per heavy atom. The van der Waals surface area contributed by atoms with Gasteiger partial charge in [-0.05, 0) is 42.7 Å². The molecule has 1 N–H and O–H groups in total. The highest BCUT2D eigenvalue weighted by Crippen LogP contribution is 2.26. The summed E-state index contributed by atoms with van der Waals surface area (Å²) in [4.78, 5) is 37.5. The monoisotopic (exact) mass is 399 g/mol. The van der Waals surface area contributed by atoms with Crippen LogP contribution in [0.25, 0.3) is 0 Å². The standard InChI is InChI=1S/C21H21NO5S/c1-27-15-10-8-14(9-11-15)13-28-18(21(25)26)7-4-12-22-19(23)16-5-2-3-6-17(16)20(22)24/h2-3,5-6,8-11,18H,4,7,12-13H2,1H3,(H,25,26). The minimum Gasteiger partial charge on any atom is -0.497 e. The van der Waals surface area contributed by atoms with Gasteiger partial charge in [0.25, 0.3) is 11.8 Å². The maximum absolute atomic E-state index is 12.4. The van der Waals surface area contributed by atoms with Crippen molar-refractivity contribution < 1.29 is 24.2 Å². The molecule has 0 saturated heterocycles. The van der Waals surface area contributed by atoms with E-state index >= 15 is 0 Å². The lowest BCUT2D eigenvalue weighted by atomic mass is 10.1. The van der Waals surface area contributed by atoms with Gasteiger partial charge in [0.1, 0.15) is 11.0 Å². The smallest absolute Gasteiger partial charge is 0.316 e. The Balaban J connectivity index is 1.52. The first-order valence-corrected chi connectivity index (χ1v) is 9.98. The van der Waals surface area contributed by atoms with Gasteiger partial charge in [-0.25, -0.2) is 0 Å². The second kappa shape index (κ2) is 8.93. The molecule has 0 aromatic heterocycles. The van der Waals surface area contributed by atoms with Gasteiger partial charge in [0.05, 0.1) is 18.2 Å². The molecule has 0 radical (unpaired) electrons. The van der Waals surface area contributed by atoms with Crippen LogP contribution in [-0.4, -0.2) is 46.7 Å². The van der Waals surface area contributed by atoms with Crippen LogP contribution in [0, 0.1) is 0 Å². The van der Waals surface area contributed by atoms with Crippen molar-refractivity contribution in [3.8, 4) is 5.75 Å². The van der Waals surface area contributed by atoms with Crippen molar-refractivity contribution in [1.29, 1.82) is 0 Å². The number of hydrogen-bond donors (Lipinski definition) is 1. The minimum atomic E-state index is -0.888. The zero-order chi connectivity index (χ0) is 20.1. The molecule has 2 aromatic rings. The molecule has 1 heterocycles. The van der Waals surface area contributed by atoms with E-state index in [1.807, 2.05) is 24.3 Å². The van der Waals surface area contributed by atoms with E-state index in [1.165, 1.54) is 16.7 Å². The van der Waals surface area contributed by atoms with Gasteiger partial charge in [0, 0.05) is 12.3 Å². The van der Waals surface area contributed by atoms with Gasteiger partial charge in [-0.2, -0.15) is 0 Å². The molecule has 2 aromatic carbocycles. The average Bonchev–Trinajstić information content (AvgIpc) is 2.95. The maximum Gasteiger partial charge on any atom is 0.316 e. The Labute approximate surface area is 167 Å². The molecule has 1 unspecified atom stereocenters. The van der Waals surface area contributed by atoms with Gasteiger partial charge < -0.3 is 9.84 Å². The number of rotatable bonds is 9. The summed E-state index contributed by atoms with van der Waals surface area (Å²) in [5.74, 6) is -0.185. The second-order valence-corrected chi connectivity index (χ2v) is 7.63. The molecule has 1 atom stereocenters.